The second kappa shape index (κ2) is 6.67. The number of benzene rings is 1. The molecular formula is C15H15BrFN3O. The van der Waals surface area contributed by atoms with E-state index in [9.17, 15) is 9.18 Å². The molecule has 0 saturated heterocycles. The summed E-state index contributed by atoms with van der Waals surface area (Å²) in [6.07, 6.45) is 3.23. The maximum absolute atomic E-state index is 13.7. The van der Waals surface area contributed by atoms with E-state index in [2.05, 4.69) is 26.2 Å². The van der Waals surface area contributed by atoms with Crippen molar-refractivity contribution in [2.24, 2.45) is 0 Å². The number of carbonyl (C=O) groups excluding carboxylic acids is 1. The van der Waals surface area contributed by atoms with E-state index >= 15 is 0 Å². The Morgan fingerprint density at radius 2 is 2.14 bits per heavy atom. The van der Waals surface area contributed by atoms with Crippen LogP contribution in [0.15, 0.2) is 41.1 Å². The Morgan fingerprint density at radius 3 is 2.86 bits per heavy atom. The van der Waals surface area contributed by atoms with Gasteiger partial charge in [-0.25, -0.2) is 4.39 Å². The summed E-state index contributed by atoms with van der Waals surface area (Å²) in [6, 6.07) is 6.26. The smallest absolute Gasteiger partial charge is 0.228 e. The minimum Gasteiger partial charge on any atom is -0.375 e. The van der Waals surface area contributed by atoms with Crippen molar-refractivity contribution < 1.29 is 9.18 Å². The van der Waals surface area contributed by atoms with Crippen molar-refractivity contribution >= 4 is 33.2 Å². The largest absolute Gasteiger partial charge is 0.375 e. The Labute approximate surface area is 131 Å². The number of anilines is 2. The molecule has 0 radical (unpaired) electrons. The van der Waals surface area contributed by atoms with Crippen molar-refractivity contribution in [3.63, 3.8) is 0 Å². The summed E-state index contributed by atoms with van der Waals surface area (Å²) in [4.78, 5) is 18.0. The van der Waals surface area contributed by atoms with Gasteiger partial charge < -0.3 is 10.2 Å². The monoisotopic (exact) mass is 351 g/mol. The van der Waals surface area contributed by atoms with Gasteiger partial charge in [0.25, 0.3) is 0 Å². The molecule has 21 heavy (non-hydrogen) atoms. The SMILES string of the molecule is CN(C)c1cnccc1NC(=O)Cc1cc(Br)ccc1F. The average molecular weight is 352 g/mol. The highest BCUT2D eigenvalue weighted by atomic mass is 79.9. The molecule has 2 aromatic rings. The number of amides is 1. The van der Waals surface area contributed by atoms with E-state index in [0.717, 1.165) is 10.2 Å². The molecule has 4 nitrogen and oxygen atoms in total. The van der Waals surface area contributed by atoms with Gasteiger partial charge in [0.15, 0.2) is 0 Å². The van der Waals surface area contributed by atoms with E-state index in [1.165, 1.54) is 6.07 Å². The number of pyridine rings is 1. The van der Waals surface area contributed by atoms with Gasteiger partial charge in [0.05, 0.1) is 24.0 Å². The quantitative estimate of drug-likeness (QED) is 0.919. The molecular weight excluding hydrogens is 337 g/mol. The van der Waals surface area contributed by atoms with Gasteiger partial charge in [-0.1, -0.05) is 15.9 Å². The number of rotatable bonds is 4. The van der Waals surface area contributed by atoms with Crippen LogP contribution in [0.1, 0.15) is 5.56 Å². The molecule has 0 fully saturated rings. The van der Waals surface area contributed by atoms with Crippen molar-refractivity contribution in [1.29, 1.82) is 0 Å². The fraction of sp³-hybridized carbons (Fsp3) is 0.200. The van der Waals surface area contributed by atoms with E-state index in [1.807, 2.05) is 19.0 Å². The van der Waals surface area contributed by atoms with Gasteiger partial charge in [0.1, 0.15) is 5.82 Å². The first kappa shape index (κ1) is 15.4. The first-order chi connectivity index (χ1) is 9.97. The van der Waals surface area contributed by atoms with Gasteiger partial charge in [-0.3, -0.25) is 9.78 Å². The molecule has 0 saturated carbocycles. The molecule has 1 heterocycles. The molecule has 0 aliphatic carbocycles. The van der Waals surface area contributed by atoms with E-state index in [0.29, 0.717) is 11.3 Å². The first-order valence-electron chi connectivity index (χ1n) is 6.32. The number of carbonyl (C=O) groups is 1. The van der Waals surface area contributed by atoms with Crippen LogP contribution in [-0.4, -0.2) is 25.0 Å². The van der Waals surface area contributed by atoms with Crippen LogP contribution in [0.5, 0.6) is 0 Å². The highest BCUT2D eigenvalue weighted by Gasteiger charge is 2.12. The molecule has 110 valence electrons. The van der Waals surface area contributed by atoms with Crippen molar-refractivity contribution in [2.75, 3.05) is 24.3 Å². The maximum Gasteiger partial charge on any atom is 0.228 e. The van der Waals surface area contributed by atoms with Crippen LogP contribution >= 0.6 is 15.9 Å². The lowest BCUT2D eigenvalue weighted by molar-refractivity contribution is -0.115. The Bertz CT molecular complexity index is 661. The second-order valence-electron chi connectivity index (χ2n) is 4.75. The molecule has 2 rings (SSSR count). The Balaban J connectivity index is 2.14. The molecule has 0 aliphatic rings. The Morgan fingerprint density at radius 1 is 1.38 bits per heavy atom. The fourth-order valence-corrected chi connectivity index (χ4v) is 2.30. The summed E-state index contributed by atoms with van der Waals surface area (Å²) in [7, 11) is 3.72. The standard InChI is InChI=1S/C15H15BrFN3O/c1-20(2)14-9-18-6-5-13(14)19-15(21)8-10-7-11(16)3-4-12(10)17/h3-7,9H,8H2,1-2H3,(H,18,19,21). The fourth-order valence-electron chi connectivity index (χ4n) is 1.89. The van der Waals surface area contributed by atoms with Gasteiger partial charge in [-0.05, 0) is 29.8 Å². The van der Waals surface area contributed by atoms with Crippen molar-refractivity contribution in [1.82, 2.24) is 4.98 Å². The third kappa shape index (κ3) is 4.01. The lowest BCUT2D eigenvalue weighted by Gasteiger charge is -2.17. The number of halogens is 2. The van der Waals surface area contributed by atoms with Crippen LogP contribution in [0, 0.1) is 5.82 Å². The summed E-state index contributed by atoms with van der Waals surface area (Å²) in [5.41, 5.74) is 1.79. The summed E-state index contributed by atoms with van der Waals surface area (Å²) in [5, 5.41) is 2.78. The summed E-state index contributed by atoms with van der Waals surface area (Å²) in [6.45, 7) is 0. The predicted octanol–water partition coefficient (Wildman–Crippen LogP) is 3.23. The topological polar surface area (TPSA) is 45.2 Å². The minimum atomic E-state index is -0.393. The molecule has 0 unspecified atom stereocenters. The third-order valence-electron chi connectivity index (χ3n) is 2.91. The van der Waals surface area contributed by atoms with Gasteiger partial charge in [0, 0.05) is 24.8 Å². The third-order valence-corrected chi connectivity index (χ3v) is 3.41. The zero-order valence-corrected chi connectivity index (χ0v) is 13.3. The van der Waals surface area contributed by atoms with Crippen molar-refractivity contribution in [3.05, 3.63) is 52.5 Å². The lowest BCUT2D eigenvalue weighted by atomic mass is 10.1. The van der Waals surface area contributed by atoms with Crippen molar-refractivity contribution in [3.8, 4) is 0 Å². The molecule has 1 N–H and O–H groups in total. The molecule has 6 heteroatoms. The van der Waals surface area contributed by atoms with Crippen LogP contribution < -0.4 is 10.2 Å². The molecule has 1 aromatic heterocycles. The summed E-state index contributed by atoms with van der Waals surface area (Å²) in [5.74, 6) is -0.669. The van der Waals surface area contributed by atoms with Gasteiger partial charge in [-0.2, -0.15) is 0 Å². The van der Waals surface area contributed by atoms with Crippen LogP contribution in [0.3, 0.4) is 0 Å². The zero-order chi connectivity index (χ0) is 15.4. The first-order valence-corrected chi connectivity index (χ1v) is 7.12. The molecule has 1 aromatic carbocycles. The number of nitrogens with zero attached hydrogens (tertiary/aromatic N) is 2. The predicted molar refractivity (Wildman–Crippen MR) is 85.0 cm³/mol. The lowest BCUT2D eigenvalue weighted by Crippen LogP contribution is -2.18. The number of nitrogens with one attached hydrogen (secondary N) is 1. The van der Waals surface area contributed by atoms with E-state index in [-0.39, 0.29) is 12.3 Å². The van der Waals surface area contributed by atoms with Crippen LogP contribution in [0.25, 0.3) is 0 Å². The van der Waals surface area contributed by atoms with Gasteiger partial charge in [0.2, 0.25) is 5.91 Å². The Kier molecular flexibility index (Phi) is 4.90. The maximum atomic E-state index is 13.7. The van der Waals surface area contributed by atoms with Crippen LogP contribution in [-0.2, 0) is 11.2 Å². The zero-order valence-electron chi connectivity index (χ0n) is 11.7. The highest BCUT2D eigenvalue weighted by molar-refractivity contribution is 9.10. The number of hydrogen-bond donors (Lipinski definition) is 1. The van der Waals surface area contributed by atoms with Crippen LogP contribution in [0.2, 0.25) is 0 Å². The minimum absolute atomic E-state index is 0.0273. The van der Waals surface area contributed by atoms with E-state index in [1.54, 1.807) is 30.6 Å². The van der Waals surface area contributed by atoms with Crippen molar-refractivity contribution in [2.45, 2.75) is 6.42 Å². The Hall–Kier alpha value is -1.95. The van der Waals surface area contributed by atoms with E-state index < -0.39 is 5.82 Å². The number of aromatic nitrogens is 1. The molecule has 0 atom stereocenters. The average Bonchev–Trinajstić information content (AvgIpc) is 2.43. The molecule has 0 bridgehead atoms. The normalized spacial score (nSPS) is 10.3. The molecule has 1 amide bonds. The van der Waals surface area contributed by atoms with E-state index in [4.69, 9.17) is 0 Å². The van der Waals surface area contributed by atoms with Crippen LogP contribution in [0.4, 0.5) is 15.8 Å². The molecule has 0 aliphatic heterocycles. The number of hydrogen-bond acceptors (Lipinski definition) is 3. The summed E-state index contributed by atoms with van der Waals surface area (Å²) < 4.78 is 14.4. The second-order valence-corrected chi connectivity index (χ2v) is 5.66. The summed E-state index contributed by atoms with van der Waals surface area (Å²) >= 11 is 3.27. The molecule has 0 spiro atoms. The van der Waals surface area contributed by atoms with Gasteiger partial charge >= 0.3 is 0 Å². The highest BCUT2D eigenvalue weighted by Crippen LogP contribution is 2.23. The van der Waals surface area contributed by atoms with Gasteiger partial charge in [-0.15, -0.1) is 0 Å².